The average Bonchev–Trinajstić information content (AvgIpc) is 2.00. The van der Waals surface area contributed by atoms with Crippen LogP contribution in [0.4, 0.5) is 11.5 Å². The molecule has 0 radical (unpaired) electrons. The van der Waals surface area contributed by atoms with Crippen LogP contribution in [0.15, 0.2) is 12.8 Å². The van der Waals surface area contributed by atoms with Crippen LogP contribution in [0, 0.1) is 0 Å². The largest absolute Gasteiger partial charge is 0.393 e. The fraction of sp³-hybridized carbons (Fsp3) is 0. The van der Waals surface area contributed by atoms with Crippen molar-refractivity contribution < 1.29 is 0 Å². The van der Waals surface area contributed by atoms with Crippen molar-refractivity contribution in [2.75, 3.05) is 11.1 Å². The van der Waals surface area contributed by atoms with E-state index in [2.05, 4.69) is 21.9 Å². The highest BCUT2D eigenvalue weighted by molar-refractivity contribution is 6.34. The zero-order valence-electron chi connectivity index (χ0n) is 6.01. The molecule has 0 unspecified atom stereocenters. The molecule has 4 nitrogen and oxygen atoms in total. The molecule has 0 saturated heterocycles. The number of aromatic nitrogens is 2. The summed E-state index contributed by atoms with van der Waals surface area (Å²) in [6.07, 6.45) is 1.42. The standard InChI is InChI=1S/C6H6Cl2N4/c1-2-10-5-3(9)4(7)11-6(8)12-5/h2H,1,9H2,(H,10,11,12). The van der Waals surface area contributed by atoms with Crippen LogP contribution >= 0.6 is 23.2 Å². The normalized spacial score (nSPS) is 9.50. The van der Waals surface area contributed by atoms with Gasteiger partial charge in [-0.05, 0) is 17.8 Å². The molecule has 6 heteroatoms. The minimum atomic E-state index is 0.0403. The Bertz CT molecular complexity index is 313. The lowest BCUT2D eigenvalue weighted by Crippen LogP contribution is -2.00. The summed E-state index contributed by atoms with van der Waals surface area (Å²) in [5.41, 5.74) is 5.76. The average molecular weight is 205 g/mol. The van der Waals surface area contributed by atoms with E-state index >= 15 is 0 Å². The van der Waals surface area contributed by atoms with Gasteiger partial charge >= 0.3 is 0 Å². The molecule has 0 fully saturated rings. The quantitative estimate of drug-likeness (QED) is 0.571. The first-order valence-corrected chi connectivity index (χ1v) is 3.76. The fourth-order valence-corrected chi connectivity index (χ4v) is 1.00. The molecule has 12 heavy (non-hydrogen) atoms. The van der Waals surface area contributed by atoms with Crippen molar-refractivity contribution in [1.82, 2.24) is 9.97 Å². The van der Waals surface area contributed by atoms with Gasteiger partial charge in [0.2, 0.25) is 5.28 Å². The Labute approximate surface area is 79.4 Å². The Hall–Kier alpha value is -1.00. The number of nitrogens with two attached hydrogens (primary N) is 1. The van der Waals surface area contributed by atoms with E-state index in [0.29, 0.717) is 5.82 Å². The molecule has 0 aliphatic carbocycles. The van der Waals surface area contributed by atoms with Crippen LogP contribution in [-0.4, -0.2) is 9.97 Å². The molecule has 0 aromatic carbocycles. The first-order valence-electron chi connectivity index (χ1n) is 3.01. The SMILES string of the molecule is C=CNc1nc(Cl)nc(Cl)c1N. The molecule has 3 N–H and O–H groups in total. The smallest absolute Gasteiger partial charge is 0.225 e. The van der Waals surface area contributed by atoms with Crippen LogP contribution in [0.1, 0.15) is 0 Å². The minimum Gasteiger partial charge on any atom is -0.393 e. The van der Waals surface area contributed by atoms with Crippen molar-refractivity contribution in [3.63, 3.8) is 0 Å². The summed E-state index contributed by atoms with van der Waals surface area (Å²) in [6, 6.07) is 0. The number of nitrogens with zero attached hydrogens (tertiary/aromatic N) is 2. The molecule has 1 heterocycles. The maximum absolute atomic E-state index is 5.62. The van der Waals surface area contributed by atoms with Gasteiger partial charge in [-0.3, -0.25) is 0 Å². The molecule has 0 aliphatic rings. The molecule has 0 atom stereocenters. The second-order valence-corrected chi connectivity index (χ2v) is 2.59. The highest BCUT2D eigenvalue weighted by Gasteiger charge is 2.06. The summed E-state index contributed by atoms with van der Waals surface area (Å²) in [5, 5.41) is 2.84. The third-order valence-electron chi connectivity index (χ3n) is 1.11. The van der Waals surface area contributed by atoms with Gasteiger partial charge in [0.05, 0.1) is 0 Å². The number of halogens is 2. The summed E-state index contributed by atoms with van der Waals surface area (Å²) < 4.78 is 0. The molecular weight excluding hydrogens is 199 g/mol. The van der Waals surface area contributed by atoms with Crippen molar-refractivity contribution in [3.05, 3.63) is 23.2 Å². The van der Waals surface area contributed by atoms with E-state index in [-0.39, 0.29) is 16.1 Å². The number of hydrogen-bond acceptors (Lipinski definition) is 4. The summed E-state index contributed by atoms with van der Waals surface area (Å²) in [4.78, 5) is 7.42. The van der Waals surface area contributed by atoms with Crippen molar-refractivity contribution in [1.29, 1.82) is 0 Å². The predicted molar refractivity (Wildman–Crippen MR) is 50.3 cm³/mol. The van der Waals surface area contributed by atoms with Gasteiger partial charge < -0.3 is 11.1 Å². The van der Waals surface area contributed by atoms with E-state index in [9.17, 15) is 0 Å². The summed E-state index contributed by atoms with van der Waals surface area (Å²) in [5.74, 6) is 0.356. The number of nitrogens with one attached hydrogen (secondary N) is 1. The number of hydrogen-bond donors (Lipinski definition) is 2. The summed E-state index contributed by atoms with van der Waals surface area (Å²) in [7, 11) is 0. The minimum absolute atomic E-state index is 0.0403. The van der Waals surface area contributed by atoms with Crippen LogP contribution in [0.5, 0.6) is 0 Å². The molecule has 1 aromatic rings. The van der Waals surface area contributed by atoms with E-state index in [1.54, 1.807) is 0 Å². The van der Waals surface area contributed by atoms with Gasteiger partial charge in [-0.1, -0.05) is 18.2 Å². The number of anilines is 2. The predicted octanol–water partition coefficient (Wildman–Crippen LogP) is 1.92. The van der Waals surface area contributed by atoms with Gasteiger partial charge in [0.15, 0.2) is 11.0 Å². The van der Waals surface area contributed by atoms with Crippen molar-refractivity contribution >= 4 is 34.7 Å². The summed E-state index contributed by atoms with van der Waals surface area (Å²) >= 11 is 11.1. The third-order valence-corrected chi connectivity index (χ3v) is 1.57. The molecule has 0 saturated carbocycles. The van der Waals surface area contributed by atoms with Gasteiger partial charge in [0.25, 0.3) is 0 Å². The monoisotopic (exact) mass is 204 g/mol. The van der Waals surface area contributed by atoms with Crippen LogP contribution < -0.4 is 11.1 Å². The van der Waals surface area contributed by atoms with Gasteiger partial charge in [-0.25, -0.2) is 4.98 Å². The Balaban J connectivity index is 3.17. The van der Waals surface area contributed by atoms with Crippen LogP contribution in [0.3, 0.4) is 0 Å². The lowest BCUT2D eigenvalue weighted by atomic mass is 10.5. The van der Waals surface area contributed by atoms with Gasteiger partial charge in [0, 0.05) is 0 Å². The Morgan fingerprint density at radius 2 is 2.08 bits per heavy atom. The van der Waals surface area contributed by atoms with E-state index < -0.39 is 0 Å². The Kier molecular flexibility index (Phi) is 2.73. The maximum atomic E-state index is 5.62. The Morgan fingerprint density at radius 3 is 2.67 bits per heavy atom. The van der Waals surface area contributed by atoms with E-state index in [0.717, 1.165) is 0 Å². The van der Waals surface area contributed by atoms with Crippen molar-refractivity contribution in [2.45, 2.75) is 0 Å². The van der Waals surface area contributed by atoms with Crippen molar-refractivity contribution in [2.24, 2.45) is 0 Å². The van der Waals surface area contributed by atoms with Gasteiger partial charge in [0.1, 0.15) is 5.69 Å². The molecular formula is C6H6Cl2N4. The Morgan fingerprint density at radius 1 is 1.42 bits per heavy atom. The number of nitrogen functional groups attached to an aromatic ring is 1. The fourth-order valence-electron chi connectivity index (χ4n) is 0.623. The summed E-state index contributed by atoms with van der Waals surface area (Å²) in [6.45, 7) is 3.44. The topological polar surface area (TPSA) is 63.8 Å². The first kappa shape index (κ1) is 9.09. The zero-order valence-corrected chi connectivity index (χ0v) is 7.52. The molecule has 0 bridgehead atoms. The van der Waals surface area contributed by atoms with Crippen molar-refractivity contribution in [3.8, 4) is 0 Å². The van der Waals surface area contributed by atoms with Gasteiger partial charge in [-0.2, -0.15) is 4.98 Å². The highest BCUT2D eigenvalue weighted by Crippen LogP contribution is 2.24. The molecule has 1 aromatic heterocycles. The molecule has 0 aliphatic heterocycles. The number of rotatable bonds is 2. The van der Waals surface area contributed by atoms with Crippen LogP contribution in [0.2, 0.25) is 10.4 Å². The van der Waals surface area contributed by atoms with Gasteiger partial charge in [-0.15, -0.1) is 0 Å². The molecule has 0 spiro atoms. The lowest BCUT2D eigenvalue weighted by Gasteiger charge is -2.04. The third kappa shape index (κ3) is 1.78. The van der Waals surface area contributed by atoms with E-state index in [1.165, 1.54) is 6.20 Å². The highest BCUT2D eigenvalue weighted by atomic mass is 35.5. The van der Waals surface area contributed by atoms with Crippen LogP contribution in [-0.2, 0) is 0 Å². The molecule has 64 valence electrons. The second-order valence-electron chi connectivity index (χ2n) is 1.89. The molecule has 1 rings (SSSR count). The first-order chi connectivity index (χ1) is 5.65. The zero-order chi connectivity index (χ0) is 9.14. The van der Waals surface area contributed by atoms with Crippen LogP contribution in [0.25, 0.3) is 0 Å². The molecule has 0 amide bonds. The lowest BCUT2D eigenvalue weighted by molar-refractivity contribution is 1.17. The maximum Gasteiger partial charge on any atom is 0.225 e. The van der Waals surface area contributed by atoms with E-state index in [4.69, 9.17) is 28.9 Å². The second kappa shape index (κ2) is 3.60. The van der Waals surface area contributed by atoms with E-state index in [1.807, 2.05) is 0 Å².